The fourth-order valence-electron chi connectivity index (χ4n) is 3.23. The lowest BCUT2D eigenvalue weighted by Gasteiger charge is -2.29. The summed E-state index contributed by atoms with van der Waals surface area (Å²) in [5.41, 5.74) is 0.927. The number of ether oxygens (including phenoxy) is 1. The summed E-state index contributed by atoms with van der Waals surface area (Å²) in [6, 6.07) is 21.3. The third-order valence-electron chi connectivity index (χ3n) is 4.58. The number of phenols is 1. The third-order valence-corrected chi connectivity index (χ3v) is 4.83. The molecule has 3 aromatic carbocycles. The average molecular weight is 381 g/mol. The van der Waals surface area contributed by atoms with E-state index in [0.29, 0.717) is 23.1 Å². The lowest BCUT2D eigenvalue weighted by atomic mass is 9.83. The molecule has 3 aromatic rings. The molecule has 1 heterocycles. The first-order valence-electron chi connectivity index (χ1n) is 8.45. The highest BCUT2D eigenvalue weighted by Crippen LogP contribution is 2.34. The van der Waals surface area contributed by atoms with Crippen molar-refractivity contribution in [2.45, 2.75) is 5.54 Å². The van der Waals surface area contributed by atoms with Crippen LogP contribution in [-0.4, -0.2) is 17.7 Å². The number of halogens is 1. The number of carbonyl (C=O) groups excluding carboxylic acids is 1. The van der Waals surface area contributed by atoms with E-state index in [0.717, 1.165) is 11.1 Å². The number of aromatic hydroxyl groups is 1. The standard InChI is InChI=1S/C21H17ClN2O3/c22-16-6-10-19(11-7-16)27-18-8-4-14(5-9-18)21(13-23-20(26)24-21)15-2-1-3-17(25)12-15/h1-12,25H,13H2,(H2,23,24,26). The summed E-state index contributed by atoms with van der Waals surface area (Å²) >= 11 is 5.89. The monoisotopic (exact) mass is 380 g/mol. The molecule has 0 saturated carbocycles. The summed E-state index contributed by atoms with van der Waals surface area (Å²) in [7, 11) is 0. The van der Waals surface area contributed by atoms with Gasteiger partial charge in [0.2, 0.25) is 0 Å². The molecule has 0 bridgehead atoms. The van der Waals surface area contributed by atoms with Crippen LogP contribution >= 0.6 is 11.6 Å². The Morgan fingerprint density at radius 3 is 2.19 bits per heavy atom. The molecule has 1 fully saturated rings. The van der Waals surface area contributed by atoms with Gasteiger partial charge in [-0.3, -0.25) is 0 Å². The first-order valence-corrected chi connectivity index (χ1v) is 8.82. The van der Waals surface area contributed by atoms with Crippen molar-refractivity contribution in [1.29, 1.82) is 0 Å². The molecule has 0 radical (unpaired) electrons. The minimum Gasteiger partial charge on any atom is -0.508 e. The lowest BCUT2D eigenvalue weighted by Crippen LogP contribution is -2.41. The number of hydrogen-bond donors (Lipinski definition) is 3. The predicted octanol–water partition coefficient (Wildman–Crippen LogP) is 4.39. The van der Waals surface area contributed by atoms with E-state index >= 15 is 0 Å². The van der Waals surface area contributed by atoms with Gasteiger partial charge < -0.3 is 20.5 Å². The van der Waals surface area contributed by atoms with Crippen LogP contribution in [0.3, 0.4) is 0 Å². The Morgan fingerprint density at radius 2 is 1.59 bits per heavy atom. The maximum absolute atomic E-state index is 11.9. The quantitative estimate of drug-likeness (QED) is 0.628. The van der Waals surface area contributed by atoms with Gasteiger partial charge in [0.1, 0.15) is 22.8 Å². The second kappa shape index (κ2) is 6.85. The highest BCUT2D eigenvalue weighted by atomic mass is 35.5. The van der Waals surface area contributed by atoms with Gasteiger partial charge in [-0.2, -0.15) is 0 Å². The molecule has 27 heavy (non-hydrogen) atoms. The minimum atomic E-state index is -0.755. The van der Waals surface area contributed by atoms with Crippen LogP contribution in [0.15, 0.2) is 72.8 Å². The van der Waals surface area contributed by atoms with Crippen molar-refractivity contribution in [1.82, 2.24) is 10.6 Å². The Labute approximate surface area is 161 Å². The van der Waals surface area contributed by atoms with Crippen molar-refractivity contribution < 1.29 is 14.6 Å². The molecule has 1 unspecified atom stereocenters. The highest BCUT2D eigenvalue weighted by Gasteiger charge is 2.41. The Morgan fingerprint density at radius 1 is 0.926 bits per heavy atom. The summed E-state index contributed by atoms with van der Waals surface area (Å²) in [4.78, 5) is 11.9. The SMILES string of the molecule is O=C1NCC(c2ccc(Oc3ccc(Cl)cc3)cc2)(c2cccc(O)c2)N1. The molecule has 1 atom stereocenters. The maximum atomic E-state index is 11.9. The molecule has 0 aromatic heterocycles. The summed E-state index contributed by atoms with van der Waals surface area (Å²) in [6.07, 6.45) is 0. The smallest absolute Gasteiger partial charge is 0.315 e. The number of hydrogen-bond acceptors (Lipinski definition) is 3. The van der Waals surface area contributed by atoms with E-state index in [4.69, 9.17) is 16.3 Å². The van der Waals surface area contributed by atoms with Crippen LogP contribution in [0.2, 0.25) is 5.02 Å². The number of phenolic OH excluding ortho intramolecular Hbond substituents is 1. The Kier molecular flexibility index (Phi) is 4.38. The van der Waals surface area contributed by atoms with Crippen molar-refractivity contribution >= 4 is 17.6 Å². The molecule has 2 amide bonds. The number of rotatable bonds is 4. The predicted molar refractivity (Wildman–Crippen MR) is 103 cm³/mol. The number of amides is 2. The van der Waals surface area contributed by atoms with Gasteiger partial charge in [-0.05, 0) is 59.7 Å². The fraction of sp³-hybridized carbons (Fsp3) is 0.0952. The van der Waals surface area contributed by atoms with Gasteiger partial charge in [-0.15, -0.1) is 0 Å². The van der Waals surface area contributed by atoms with Gasteiger partial charge in [0.05, 0.1) is 6.54 Å². The Bertz CT molecular complexity index is 973. The second-order valence-corrected chi connectivity index (χ2v) is 6.78. The van der Waals surface area contributed by atoms with Crippen LogP contribution in [0.1, 0.15) is 11.1 Å². The van der Waals surface area contributed by atoms with Crippen LogP contribution in [0.4, 0.5) is 4.79 Å². The number of urea groups is 1. The Balaban J connectivity index is 1.65. The Hall–Kier alpha value is -3.18. The normalized spacial score (nSPS) is 18.6. The summed E-state index contributed by atoms with van der Waals surface area (Å²) in [5, 5.41) is 16.3. The van der Waals surface area contributed by atoms with Gasteiger partial charge in [0, 0.05) is 5.02 Å². The molecule has 0 spiro atoms. The van der Waals surface area contributed by atoms with Crippen molar-refractivity contribution in [2.24, 2.45) is 0 Å². The van der Waals surface area contributed by atoms with E-state index in [-0.39, 0.29) is 11.8 Å². The van der Waals surface area contributed by atoms with Gasteiger partial charge in [-0.1, -0.05) is 35.9 Å². The summed E-state index contributed by atoms with van der Waals surface area (Å²) in [6.45, 7) is 0.382. The molecule has 0 aliphatic carbocycles. The zero-order valence-electron chi connectivity index (χ0n) is 14.3. The molecule has 1 saturated heterocycles. The maximum Gasteiger partial charge on any atom is 0.315 e. The molecular weight excluding hydrogens is 364 g/mol. The molecule has 1 aliphatic rings. The van der Waals surface area contributed by atoms with Gasteiger partial charge in [0.25, 0.3) is 0 Å². The van der Waals surface area contributed by atoms with Crippen molar-refractivity contribution in [3.05, 3.63) is 88.9 Å². The topological polar surface area (TPSA) is 70.6 Å². The van der Waals surface area contributed by atoms with Crippen molar-refractivity contribution in [3.8, 4) is 17.2 Å². The summed E-state index contributed by atoms with van der Waals surface area (Å²) < 4.78 is 5.83. The van der Waals surface area contributed by atoms with E-state index < -0.39 is 5.54 Å². The molecule has 1 aliphatic heterocycles. The minimum absolute atomic E-state index is 0.149. The van der Waals surface area contributed by atoms with Crippen LogP contribution < -0.4 is 15.4 Å². The zero-order chi connectivity index (χ0) is 18.9. The van der Waals surface area contributed by atoms with E-state index in [9.17, 15) is 9.90 Å². The summed E-state index contributed by atoms with van der Waals surface area (Å²) in [5.74, 6) is 1.51. The zero-order valence-corrected chi connectivity index (χ0v) is 15.0. The van der Waals surface area contributed by atoms with Gasteiger partial charge >= 0.3 is 6.03 Å². The largest absolute Gasteiger partial charge is 0.508 e. The fourth-order valence-corrected chi connectivity index (χ4v) is 3.35. The van der Waals surface area contributed by atoms with E-state index in [2.05, 4.69) is 10.6 Å². The van der Waals surface area contributed by atoms with Crippen LogP contribution in [-0.2, 0) is 5.54 Å². The van der Waals surface area contributed by atoms with E-state index in [1.807, 2.05) is 30.3 Å². The van der Waals surface area contributed by atoms with Crippen LogP contribution in [0, 0.1) is 0 Å². The number of benzene rings is 3. The first-order chi connectivity index (χ1) is 13.0. The molecule has 136 valence electrons. The lowest BCUT2D eigenvalue weighted by molar-refractivity contribution is 0.246. The number of nitrogens with one attached hydrogen (secondary N) is 2. The highest BCUT2D eigenvalue weighted by molar-refractivity contribution is 6.30. The van der Waals surface area contributed by atoms with Gasteiger partial charge in [0.15, 0.2) is 0 Å². The second-order valence-electron chi connectivity index (χ2n) is 6.34. The van der Waals surface area contributed by atoms with Gasteiger partial charge in [-0.25, -0.2) is 4.79 Å². The molecular formula is C21H17ClN2O3. The molecule has 6 heteroatoms. The van der Waals surface area contributed by atoms with Crippen molar-refractivity contribution in [2.75, 3.05) is 6.54 Å². The average Bonchev–Trinajstić information content (AvgIpc) is 3.07. The van der Waals surface area contributed by atoms with E-state index in [1.54, 1.807) is 42.5 Å². The van der Waals surface area contributed by atoms with Crippen LogP contribution in [0.25, 0.3) is 0 Å². The van der Waals surface area contributed by atoms with Crippen LogP contribution in [0.5, 0.6) is 17.2 Å². The molecule has 4 rings (SSSR count). The molecule has 3 N–H and O–H groups in total. The van der Waals surface area contributed by atoms with Crippen molar-refractivity contribution in [3.63, 3.8) is 0 Å². The third kappa shape index (κ3) is 3.41. The van der Waals surface area contributed by atoms with E-state index in [1.165, 1.54) is 0 Å². The number of carbonyl (C=O) groups is 1. The first kappa shape index (κ1) is 17.2. The molecule has 5 nitrogen and oxygen atoms in total.